The number of ether oxygens (including phenoxy) is 2. The summed E-state index contributed by atoms with van der Waals surface area (Å²) in [6, 6.07) is 2.06. The highest BCUT2D eigenvalue weighted by atomic mass is 35.5. The van der Waals surface area contributed by atoms with E-state index in [9.17, 15) is 13.2 Å². The minimum atomic E-state index is -4.76. The van der Waals surface area contributed by atoms with Crippen molar-refractivity contribution in [1.82, 2.24) is 0 Å². The summed E-state index contributed by atoms with van der Waals surface area (Å²) in [4.78, 5) is 0. The quantitative estimate of drug-likeness (QED) is 0.921. The molecule has 0 heterocycles. The monoisotopic (exact) mass is 284 g/mol. The van der Waals surface area contributed by atoms with Gasteiger partial charge in [-0.3, -0.25) is 0 Å². The van der Waals surface area contributed by atoms with Crippen molar-refractivity contribution in [3.05, 3.63) is 22.7 Å². The van der Waals surface area contributed by atoms with Crippen molar-refractivity contribution in [3.8, 4) is 11.5 Å². The molecule has 0 fully saturated rings. The molecule has 0 saturated carbocycles. The second-order valence-electron chi connectivity index (χ2n) is 3.41. The molecule has 1 unspecified atom stereocenters. The number of hydrogen-bond donors (Lipinski definition) is 1. The first-order valence-electron chi connectivity index (χ1n) is 5.06. The van der Waals surface area contributed by atoms with Gasteiger partial charge in [0, 0.05) is 0 Å². The third-order valence-electron chi connectivity index (χ3n) is 2.17. The molecule has 7 heteroatoms. The average Bonchev–Trinajstić information content (AvgIpc) is 2.29. The van der Waals surface area contributed by atoms with Gasteiger partial charge in [-0.2, -0.15) is 13.2 Å². The number of methoxy groups -OCH3 is 1. The molecule has 1 atom stereocenters. The predicted molar refractivity (Wildman–Crippen MR) is 60.2 cm³/mol. The smallest absolute Gasteiger partial charge is 0.418 e. The van der Waals surface area contributed by atoms with Crippen LogP contribution in [0.15, 0.2) is 12.1 Å². The van der Waals surface area contributed by atoms with Gasteiger partial charge in [-0.25, -0.2) is 0 Å². The van der Waals surface area contributed by atoms with Gasteiger partial charge in [0.15, 0.2) is 17.6 Å². The van der Waals surface area contributed by atoms with E-state index in [-0.39, 0.29) is 23.1 Å². The predicted octanol–water partition coefficient (Wildman–Crippen LogP) is 3.34. The van der Waals surface area contributed by atoms with E-state index in [1.54, 1.807) is 6.92 Å². The highest BCUT2D eigenvalue weighted by molar-refractivity contribution is 6.32. The molecule has 18 heavy (non-hydrogen) atoms. The van der Waals surface area contributed by atoms with Crippen molar-refractivity contribution < 1.29 is 27.8 Å². The maximum absolute atomic E-state index is 12.4. The van der Waals surface area contributed by atoms with Crippen LogP contribution >= 0.6 is 11.6 Å². The number of hydrogen-bond acceptors (Lipinski definition) is 3. The van der Waals surface area contributed by atoms with Crippen molar-refractivity contribution >= 4 is 11.6 Å². The van der Waals surface area contributed by atoms with Crippen LogP contribution in [0.2, 0.25) is 5.02 Å². The van der Waals surface area contributed by atoms with E-state index in [0.717, 1.165) is 12.1 Å². The second kappa shape index (κ2) is 5.67. The van der Waals surface area contributed by atoms with Crippen LogP contribution in [0.1, 0.15) is 18.6 Å². The molecular weight excluding hydrogens is 273 g/mol. The molecule has 0 aromatic heterocycles. The number of rotatable bonds is 4. The average molecular weight is 285 g/mol. The Morgan fingerprint density at radius 1 is 1.39 bits per heavy atom. The van der Waals surface area contributed by atoms with E-state index < -0.39 is 17.8 Å². The molecule has 1 N–H and O–H groups in total. The summed E-state index contributed by atoms with van der Waals surface area (Å²) in [5.74, 6) is 0.197. The molecule has 0 aliphatic rings. The molecule has 0 aliphatic heterocycles. The van der Waals surface area contributed by atoms with Crippen molar-refractivity contribution in [1.29, 1.82) is 0 Å². The van der Waals surface area contributed by atoms with Crippen molar-refractivity contribution in [2.24, 2.45) is 0 Å². The molecule has 0 saturated heterocycles. The van der Waals surface area contributed by atoms with Gasteiger partial charge in [0.1, 0.15) is 0 Å². The largest absolute Gasteiger partial charge is 0.493 e. The molecule has 102 valence electrons. The molecule has 0 amide bonds. The molecule has 1 aromatic rings. The molecular formula is C11H12ClF3O3. The van der Waals surface area contributed by atoms with Crippen LogP contribution in [-0.4, -0.2) is 25.0 Å². The highest BCUT2D eigenvalue weighted by Gasteiger charge is 2.40. The number of aliphatic hydroxyl groups is 1. The van der Waals surface area contributed by atoms with Gasteiger partial charge in [0.25, 0.3) is 0 Å². The van der Waals surface area contributed by atoms with Crippen LogP contribution in [0, 0.1) is 0 Å². The van der Waals surface area contributed by atoms with Crippen molar-refractivity contribution in [3.63, 3.8) is 0 Å². The fraction of sp³-hybridized carbons (Fsp3) is 0.455. The first-order valence-corrected chi connectivity index (χ1v) is 5.44. The summed E-state index contributed by atoms with van der Waals surface area (Å²) < 4.78 is 47.2. The molecule has 0 spiro atoms. The lowest BCUT2D eigenvalue weighted by molar-refractivity contribution is -0.206. The minimum Gasteiger partial charge on any atom is -0.493 e. The maximum Gasteiger partial charge on any atom is 0.418 e. The van der Waals surface area contributed by atoms with E-state index in [1.165, 1.54) is 7.11 Å². The zero-order valence-corrected chi connectivity index (χ0v) is 10.5. The fourth-order valence-corrected chi connectivity index (χ4v) is 1.64. The van der Waals surface area contributed by atoms with Crippen LogP contribution in [0.5, 0.6) is 11.5 Å². The lowest BCUT2D eigenvalue weighted by Gasteiger charge is -2.18. The lowest BCUT2D eigenvalue weighted by Crippen LogP contribution is -2.20. The standard InChI is InChI=1S/C11H12ClF3O3/c1-3-18-9-7(12)4-6(5-8(9)17-2)10(16)11(13,14)15/h4-5,10,16H,3H2,1-2H3. The molecule has 0 aliphatic carbocycles. The van der Waals surface area contributed by atoms with E-state index in [4.69, 9.17) is 26.2 Å². The number of halogens is 4. The first-order chi connectivity index (χ1) is 8.31. The van der Waals surface area contributed by atoms with Crippen LogP contribution in [0.4, 0.5) is 13.2 Å². The molecule has 0 bridgehead atoms. The van der Waals surface area contributed by atoms with Gasteiger partial charge < -0.3 is 14.6 Å². The lowest BCUT2D eigenvalue weighted by atomic mass is 10.1. The van der Waals surface area contributed by atoms with Crippen LogP contribution in [0.3, 0.4) is 0 Å². The van der Waals surface area contributed by atoms with Crippen molar-refractivity contribution in [2.75, 3.05) is 13.7 Å². The molecule has 1 aromatic carbocycles. The van der Waals surface area contributed by atoms with Crippen LogP contribution in [-0.2, 0) is 0 Å². The number of aliphatic hydroxyl groups excluding tert-OH is 1. The van der Waals surface area contributed by atoms with Crippen LogP contribution < -0.4 is 9.47 Å². The summed E-state index contributed by atoms with van der Waals surface area (Å²) in [5, 5.41) is 9.10. The summed E-state index contributed by atoms with van der Waals surface area (Å²) >= 11 is 5.80. The van der Waals surface area contributed by atoms with Gasteiger partial charge in [-0.05, 0) is 24.6 Å². The summed E-state index contributed by atoms with van der Waals surface area (Å²) in [5.41, 5.74) is -0.396. The Bertz CT molecular complexity index is 421. The highest BCUT2D eigenvalue weighted by Crippen LogP contribution is 2.41. The van der Waals surface area contributed by atoms with Crippen molar-refractivity contribution in [2.45, 2.75) is 19.2 Å². The van der Waals surface area contributed by atoms with E-state index in [2.05, 4.69) is 0 Å². The van der Waals surface area contributed by atoms with Gasteiger partial charge in [0.2, 0.25) is 0 Å². The van der Waals surface area contributed by atoms with E-state index in [0.29, 0.717) is 0 Å². The normalized spacial score (nSPS) is 13.3. The van der Waals surface area contributed by atoms with E-state index in [1.807, 2.05) is 0 Å². The maximum atomic E-state index is 12.4. The molecule has 3 nitrogen and oxygen atoms in total. The van der Waals surface area contributed by atoms with E-state index >= 15 is 0 Å². The third kappa shape index (κ3) is 3.20. The minimum absolute atomic E-state index is 0.0441. The zero-order valence-electron chi connectivity index (χ0n) is 9.71. The molecule has 0 radical (unpaired) electrons. The molecule has 1 rings (SSSR count). The second-order valence-corrected chi connectivity index (χ2v) is 3.82. The Morgan fingerprint density at radius 2 is 2.00 bits per heavy atom. The fourth-order valence-electron chi connectivity index (χ4n) is 1.37. The Balaban J connectivity index is 3.22. The van der Waals surface area contributed by atoms with Crippen LogP contribution in [0.25, 0.3) is 0 Å². The van der Waals surface area contributed by atoms with Gasteiger partial charge >= 0.3 is 6.18 Å². The first kappa shape index (κ1) is 14.9. The Kier molecular flexibility index (Phi) is 4.70. The Hall–Kier alpha value is -1.14. The van der Waals surface area contributed by atoms with Gasteiger partial charge in [0.05, 0.1) is 18.7 Å². The van der Waals surface area contributed by atoms with Gasteiger partial charge in [-0.1, -0.05) is 11.6 Å². The topological polar surface area (TPSA) is 38.7 Å². The Morgan fingerprint density at radius 3 is 2.44 bits per heavy atom. The summed E-state index contributed by atoms with van der Waals surface area (Å²) in [6.45, 7) is 1.99. The summed E-state index contributed by atoms with van der Waals surface area (Å²) in [6.07, 6.45) is -7.37. The number of alkyl halides is 3. The Labute approximate surface area is 107 Å². The number of benzene rings is 1. The zero-order chi connectivity index (χ0) is 13.9. The third-order valence-corrected chi connectivity index (χ3v) is 2.45. The summed E-state index contributed by atoms with van der Waals surface area (Å²) in [7, 11) is 1.28. The SMILES string of the molecule is CCOc1c(Cl)cc(C(O)C(F)(F)F)cc1OC. The van der Waals surface area contributed by atoms with Gasteiger partial charge in [-0.15, -0.1) is 0 Å².